The molecule has 1 saturated heterocycles. The van der Waals surface area contributed by atoms with Gasteiger partial charge < -0.3 is 15.2 Å². The van der Waals surface area contributed by atoms with Crippen LogP contribution in [0.25, 0.3) is 0 Å². The lowest BCUT2D eigenvalue weighted by atomic mass is 9.84. The average molecular weight is 263 g/mol. The largest absolute Gasteiger partial charge is 0.388 e. The Balaban J connectivity index is 1.84. The molecule has 0 radical (unpaired) electrons. The molecule has 2 rings (SSSR count). The van der Waals surface area contributed by atoms with Crippen LogP contribution in [0.2, 0.25) is 0 Å². The predicted molar refractivity (Wildman–Crippen MR) is 77.3 cm³/mol. The Morgan fingerprint density at radius 3 is 2.47 bits per heavy atom. The molecule has 0 amide bonds. The molecule has 1 heterocycles. The van der Waals surface area contributed by atoms with Crippen LogP contribution in [0, 0.1) is 0 Å². The molecule has 0 saturated carbocycles. The molecule has 1 aliphatic rings. The zero-order chi connectivity index (χ0) is 13.8. The van der Waals surface area contributed by atoms with E-state index in [1.807, 2.05) is 6.07 Å². The highest BCUT2D eigenvalue weighted by atomic mass is 16.5. The highest BCUT2D eigenvalue weighted by Crippen LogP contribution is 2.23. The van der Waals surface area contributed by atoms with E-state index in [1.54, 1.807) is 0 Å². The summed E-state index contributed by atoms with van der Waals surface area (Å²) in [6.45, 7) is 7.29. The van der Waals surface area contributed by atoms with Gasteiger partial charge in [0.1, 0.15) is 0 Å². The fraction of sp³-hybridized carbons (Fsp3) is 0.625. The van der Waals surface area contributed by atoms with Crippen LogP contribution in [-0.2, 0) is 10.2 Å². The molecule has 1 aromatic carbocycles. The van der Waals surface area contributed by atoms with Gasteiger partial charge in [0.05, 0.1) is 5.60 Å². The van der Waals surface area contributed by atoms with Crippen LogP contribution in [0.15, 0.2) is 30.3 Å². The summed E-state index contributed by atoms with van der Waals surface area (Å²) >= 11 is 0. The Hall–Kier alpha value is -0.900. The molecule has 19 heavy (non-hydrogen) atoms. The lowest BCUT2D eigenvalue weighted by molar-refractivity contribution is -0.0618. The molecule has 2 N–H and O–H groups in total. The zero-order valence-corrected chi connectivity index (χ0v) is 12.0. The summed E-state index contributed by atoms with van der Waals surface area (Å²) in [4.78, 5) is 0. The van der Waals surface area contributed by atoms with Crippen molar-refractivity contribution >= 4 is 0 Å². The van der Waals surface area contributed by atoms with E-state index in [0.717, 1.165) is 19.4 Å². The first-order valence-electron chi connectivity index (χ1n) is 7.08. The Labute approximate surface area is 116 Å². The van der Waals surface area contributed by atoms with Crippen molar-refractivity contribution in [3.8, 4) is 0 Å². The Bertz CT molecular complexity index is 383. The van der Waals surface area contributed by atoms with E-state index < -0.39 is 5.60 Å². The molecule has 3 nitrogen and oxygen atoms in total. The summed E-state index contributed by atoms with van der Waals surface area (Å²) in [7, 11) is 0. The van der Waals surface area contributed by atoms with Crippen molar-refractivity contribution in [3.63, 3.8) is 0 Å². The number of hydrogen-bond donors (Lipinski definition) is 2. The maximum atomic E-state index is 10.4. The van der Waals surface area contributed by atoms with Gasteiger partial charge in [0, 0.05) is 44.6 Å². The number of rotatable bonds is 5. The molecule has 0 atom stereocenters. The van der Waals surface area contributed by atoms with Gasteiger partial charge in [0.2, 0.25) is 0 Å². The van der Waals surface area contributed by atoms with Crippen LogP contribution in [-0.4, -0.2) is 37.0 Å². The van der Waals surface area contributed by atoms with Gasteiger partial charge in [-0.15, -0.1) is 0 Å². The quantitative estimate of drug-likeness (QED) is 0.855. The van der Waals surface area contributed by atoms with Crippen LogP contribution in [0.4, 0.5) is 0 Å². The minimum absolute atomic E-state index is 0.0722. The summed E-state index contributed by atoms with van der Waals surface area (Å²) in [6.07, 6.45) is 1.46. The topological polar surface area (TPSA) is 41.5 Å². The third kappa shape index (κ3) is 4.03. The lowest BCUT2D eigenvalue weighted by Gasteiger charge is -2.34. The molecular formula is C16H25NO2. The zero-order valence-electron chi connectivity index (χ0n) is 12.0. The summed E-state index contributed by atoms with van der Waals surface area (Å²) in [5.74, 6) is 0. The van der Waals surface area contributed by atoms with Crippen molar-refractivity contribution in [3.05, 3.63) is 35.9 Å². The second kappa shape index (κ2) is 6.04. The fourth-order valence-corrected chi connectivity index (χ4v) is 2.53. The number of aliphatic hydroxyl groups is 1. The van der Waals surface area contributed by atoms with Crippen molar-refractivity contribution < 1.29 is 9.84 Å². The average Bonchev–Trinajstić information content (AvgIpc) is 2.40. The maximum Gasteiger partial charge on any atom is 0.0815 e. The van der Waals surface area contributed by atoms with Crippen LogP contribution in [0.5, 0.6) is 0 Å². The molecule has 1 aromatic rings. The van der Waals surface area contributed by atoms with Gasteiger partial charge in [-0.05, 0) is 5.56 Å². The molecule has 0 aromatic heterocycles. The summed E-state index contributed by atoms with van der Waals surface area (Å²) in [5, 5.41) is 13.8. The Morgan fingerprint density at radius 2 is 1.84 bits per heavy atom. The van der Waals surface area contributed by atoms with E-state index in [2.05, 4.69) is 43.4 Å². The number of hydrogen-bond acceptors (Lipinski definition) is 3. The predicted octanol–water partition coefficient (Wildman–Crippen LogP) is 2.10. The molecule has 1 aliphatic heterocycles. The van der Waals surface area contributed by atoms with Crippen LogP contribution in [0.3, 0.4) is 0 Å². The monoisotopic (exact) mass is 263 g/mol. The Morgan fingerprint density at radius 1 is 1.21 bits per heavy atom. The smallest absolute Gasteiger partial charge is 0.0815 e. The van der Waals surface area contributed by atoms with E-state index in [1.165, 1.54) is 5.56 Å². The second-order valence-corrected chi connectivity index (χ2v) is 6.19. The molecule has 0 aliphatic carbocycles. The van der Waals surface area contributed by atoms with Crippen molar-refractivity contribution in [1.29, 1.82) is 0 Å². The van der Waals surface area contributed by atoms with E-state index in [4.69, 9.17) is 4.74 Å². The van der Waals surface area contributed by atoms with Crippen LogP contribution < -0.4 is 5.32 Å². The van der Waals surface area contributed by atoms with Crippen molar-refractivity contribution in [1.82, 2.24) is 5.32 Å². The van der Waals surface area contributed by atoms with E-state index in [0.29, 0.717) is 19.8 Å². The standard InChI is InChI=1S/C16H25NO2/c1-15(2,14-6-4-3-5-7-14)12-17-13-16(18)8-10-19-11-9-16/h3-7,17-18H,8-13H2,1-2H3. The van der Waals surface area contributed by atoms with Gasteiger partial charge in [0.15, 0.2) is 0 Å². The first kappa shape index (κ1) is 14.5. The molecule has 1 fully saturated rings. The number of nitrogens with one attached hydrogen (secondary N) is 1. The third-order valence-corrected chi connectivity index (χ3v) is 4.00. The Kier molecular flexibility index (Phi) is 4.61. The van der Waals surface area contributed by atoms with Crippen LogP contribution >= 0.6 is 0 Å². The van der Waals surface area contributed by atoms with Gasteiger partial charge in [-0.25, -0.2) is 0 Å². The molecule has 106 valence electrons. The number of ether oxygens (including phenoxy) is 1. The first-order chi connectivity index (χ1) is 9.02. The second-order valence-electron chi connectivity index (χ2n) is 6.19. The molecule has 0 spiro atoms. The van der Waals surface area contributed by atoms with Gasteiger partial charge in [-0.1, -0.05) is 44.2 Å². The van der Waals surface area contributed by atoms with Gasteiger partial charge in [-0.3, -0.25) is 0 Å². The van der Waals surface area contributed by atoms with E-state index in [9.17, 15) is 5.11 Å². The number of benzene rings is 1. The molecule has 0 bridgehead atoms. The van der Waals surface area contributed by atoms with Gasteiger partial charge >= 0.3 is 0 Å². The van der Waals surface area contributed by atoms with Crippen molar-refractivity contribution in [2.24, 2.45) is 0 Å². The van der Waals surface area contributed by atoms with Crippen molar-refractivity contribution in [2.75, 3.05) is 26.3 Å². The summed E-state index contributed by atoms with van der Waals surface area (Å²) < 4.78 is 5.29. The van der Waals surface area contributed by atoms with E-state index >= 15 is 0 Å². The summed E-state index contributed by atoms with van der Waals surface area (Å²) in [6, 6.07) is 10.5. The third-order valence-electron chi connectivity index (χ3n) is 4.00. The first-order valence-corrected chi connectivity index (χ1v) is 7.08. The minimum Gasteiger partial charge on any atom is -0.388 e. The highest BCUT2D eigenvalue weighted by molar-refractivity contribution is 5.23. The molecular weight excluding hydrogens is 238 g/mol. The minimum atomic E-state index is -0.592. The lowest BCUT2D eigenvalue weighted by Crippen LogP contribution is -2.47. The maximum absolute atomic E-state index is 10.4. The van der Waals surface area contributed by atoms with Crippen molar-refractivity contribution in [2.45, 2.75) is 37.7 Å². The normalized spacial score (nSPS) is 19.3. The van der Waals surface area contributed by atoms with E-state index in [-0.39, 0.29) is 5.41 Å². The highest BCUT2D eigenvalue weighted by Gasteiger charge is 2.30. The summed E-state index contributed by atoms with van der Waals surface area (Å²) in [5.41, 5.74) is 0.801. The fourth-order valence-electron chi connectivity index (χ4n) is 2.53. The van der Waals surface area contributed by atoms with Crippen LogP contribution in [0.1, 0.15) is 32.3 Å². The van der Waals surface area contributed by atoms with Gasteiger partial charge in [-0.2, -0.15) is 0 Å². The molecule has 0 unspecified atom stereocenters. The van der Waals surface area contributed by atoms with Gasteiger partial charge in [0.25, 0.3) is 0 Å². The SMILES string of the molecule is CC(C)(CNCC1(O)CCOCC1)c1ccccc1. The molecule has 3 heteroatoms.